The monoisotopic (exact) mass is 455 g/mol. The summed E-state index contributed by atoms with van der Waals surface area (Å²) in [6.45, 7) is 6.67. The maximum absolute atomic E-state index is 13.1. The van der Waals surface area contributed by atoms with Crippen LogP contribution in [0.5, 0.6) is 5.75 Å². The molecular formula is C21H33N3O6S. The first-order chi connectivity index (χ1) is 14.5. The van der Waals surface area contributed by atoms with Crippen LogP contribution in [0.4, 0.5) is 5.69 Å². The van der Waals surface area contributed by atoms with Crippen LogP contribution in [0.3, 0.4) is 0 Å². The highest BCUT2D eigenvalue weighted by Crippen LogP contribution is 2.27. The molecule has 0 saturated heterocycles. The number of benzene rings is 1. The number of carbonyl (C=O) groups excluding carboxylic acids is 2. The normalized spacial score (nSPS) is 23.3. The minimum absolute atomic E-state index is 0.00145. The zero-order valence-corrected chi connectivity index (χ0v) is 19.9. The number of rotatable bonds is 4. The summed E-state index contributed by atoms with van der Waals surface area (Å²) in [5.74, 6) is -0.000784. The average molecular weight is 456 g/mol. The van der Waals surface area contributed by atoms with E-state index < -0.39 is 10.0 Å². The lowest BCUT2D eigenvalue weighted by Crippen LogP contribution is -2.48. The zero-order chi connectivity index (χ0) is 23.3. The largest absolute Gasteiger partial charge is 0.491 e. The van der Waals surface area contributed by atoms with Crippen molar-refractivity contribution in [3.63, 3.8) is 0 Å². The molecule has 0 spiro atoms. The smallest absolute Gasteiger partial charge is 0.257 e. The standard InChI is InChI=1S/C21H33N3O6S/c1-7-20(25)24-11-14(2)19(29-5)12-23(4)21(26)17-9-8-16(22-31(6,27)28)10-18(17)30-13-15(24)3/h8-10,14-15,19,22H,7,11-13H2,1-6H3/t14-,15+,19-/m0/s1. The first-order valence-electron chi connectivity index (χ1n) is 10.3. The van der Waals surface area contributed by atoms with Crippen molar-refractivity contribution in [2.24, 2.45) is 5.92 Å². The van der Waals surface area contributed by atoms with Crippen LogP contribution in [-0.4, -0.2) is 82.3 Å². The Bertz CT molecular complexity index is 904. The van der Waals surface area contributed by atoms with Gasteiger partial charge in [0, 0.05) is 45.7 Å². The fourth-order valence-corrected chi connectivity index (χ4v) is 4.16. The number of fused-ring (bicyclic) bond motifs is 1. The number of methoxy groups -OCH3 is 1. The molecule has 2 rings (SSSR count). The van der Waals surface area contributed by atoms with Crippen LogP contribution in [0.2, 0.25) is 0 Å². The summed E-state index contributed by atoms with van der Waals surface area (Å²) in [7, 11) is -0.214. The molecular weight excluding hydrogens is 422 g/mol. The summed E-state index contributed by atoms with van der Waals surface area (Å²) in [6, 6.07) is 4.30. The summed E-state index contributed by atoms with van der Waals surface area (Å²) < 4.78 is 37.2. The third kappa shape index (κ3) is 6.57. The van der Waals surface area contributed by atoms with Crippen molar-refractivity contribution in [2.75, 3.05) is 44.8 Å². The van der Waals surface area contributed by atoms with E-state index in [1.54, 1.807) is 24.0 Å². The van der Waals surface area contributed by atoms with Crippen LogP contribution in [-0.2, 0) is 19.6 Å². The molecule has 2 amide bonds. The van der Waals surface area contributed by atoms with Crippen LogP contribution in [0.25, 0.3) is 0 Å². The van der Waals surface area contributed by atoms with Crippen LogP contribution in [0.1, 0.15) is 37.6 Å². The molecule has 1 N–H and O–H groups in total. The van der Waals surface area contributed by atoms with Gasteiger partial charge in [-0.25, -0.2) is 8.42 Å². The number of likely N-dealkylation sites (N-methyl/N-ethyl adjacent to an activating group) is 1. The summed E-state index contributed by atoms with van der Waals surface area (Å²) in [6.07, 6.45) is 1.16. The highest BCUT2D eigenvalue weighted by molar-refractivity contribution is 7.92. The van der Waals surface area contributed by atoms with Crippen LogP contribution < -0.4 is 9.46 Å². The van der Waals surface area contributed by atoms with Gasteiger partial charge in [0.15, 0.2) is 0 Å². The van der Waals surface area contributed by atoms with Crippen molar-refractivity contribution in [3.8, 4) is 5.75 Å². The van der Waals surface area contributed by atoms with Crippen molar-refractivity contribution in [3.05, 3.63) is 23.8 Å². The maximum atomic E-state index is 13.1. The number of sulfonamides is 1. The van der Waals surface area contributed by atoms with Crippen LogP contribution in [0, 0.1) is 5.92 Å². The van der Waals surface area contributed by atoms with E-state index in [0.29, 0.717) is 30.8 Å². The highest BCUT2D eigenvalue weighted by atomic mass is 32.2. The third-order valence-corrected chi connectivity index (χ3v) is 5.98. The molecule has 1 aliphatic rings. The van der Waals surface area contributed by atoms with E-state index in [0.717, 1.165) is 6.26 Å². The third-order valence-electron chi connectivity index (χ3n) is 5.37. The SMILES string of the molecule is CCC(=O)N1C[C@H](C)[C@@H](OC)CN(C)C(=O)c2ccc(NS(C)(=O)=O)cc2OC[C@H]1C. The second-order valence-corrected chi connectivity index (χ2v) is 9.83. The predicted octanol–water partition coefficient (Wildman–Crippen LogP) is 1.80. The van der Waals surface area contributed by atoms with Crippen molar-refractivity contribution < 1.29 is 27.5 Å². The van der Waals surface area contributed by atoms with Gasteiger partial charge in [0.25, 0.3) is 5.91 Å². The minimum atomic E-state index is -3.49. The molecule has 0 unspecified atom stereocenters. The Hall–Kier alpha value is -2.33. The molecule has 0 bridgehead atoms. The number of amides is 2. The summed E-state index contributed by atoms with van der Waals surface area (Å²) >= 11 is 0. The van der Waals surface area contributed by atoms with E-state index in [-0.39, 0.29) is 42.2 Å². The number of hydrogen-bond acceptors (Lipinski definition) is 6. The summed E-state index contributed by atoms with van der Waals surface area (Å²) in [5.41, 5.74) is 0.603. The van der Waals surface area contributed by atoms with E-state index in [1.165, 1.54) is 18.2 Å². The zero-order valence-electron chi connectivity index (χ0n) is 19.0. The molecule has 1 heterocycles. The quantitative estimate of drug-likeness (QED) is 0.742. The molecule has 1 aliphatic heterocycles. The van der Waals surface area contributed by atoms with Gasteiger partial charge in [-0.3, -0.25) is 14.3 Å². The molecule has 0 saturated carbocycles. The predicted molar refractivity (Wildman–Crippen MR) is 119 cm³/mol. The van der Waals surface area contributed by atoms with E-state index in [2.05, 4.69) is 4.72 Å². The van der Waals surface area contributed by atoms with Crippen molar-refractivity contribution in [1.82, 2.24) is 9.80 Å². The topological polar surface area (TPSA) is 105 Å². The van der Waals surface area contributed by atoms with Gasteiger partial charge in [-0.15, -0.1) is 0 Å². The van der Waals surface area contributed by atoms with Crippen LogP contribution >= 0.6 is 0 Å². The molecule has 174 valence electrons. The molecule has 1 aromatic rings. The number of nitrogens with zero attached hydrogens (tertiary/aromatic N) is 2. The van der Waals surface area contributed by atoms with E-state index in [1.807, 2.05) is 20.8 Å². The molecule has 1 aromatic carbocycles. The van der Waals surface area contributed by atoms with Gasteiger partial charge in [-0.2, -0.15) is 0 Å². The first kappa shape index (κ1) is 24.9. The number of hydrogen-bond donors (Lipinski definition) is 1. The van der Waals surface area contributed by atoms with Crippen molar-refractivity contribution >= 4 is 27.5 Å². The Morgan fingerprint density at radius 1 is 1.29 bits per heavy atom. The lowest BCUT2D eigenvalue weighted by atomic mass is 10.0. The molecule has 31 heavy (non-hydrogen) atoms. The summed E-state index contributed by atoms with van der Waals surface area (Å²) in [4.78, 5) is 29.0. The maximum Gasteiger partial charge on any atom is 0.257 e. The van der Waals surface area contributed by atoms with E-state index in [4.69, 9.17) is 9.47 Å². The number of nitrogens with one attached hydrogen (secondary N) is 1. The van der Waals surface area contributed by atoms with Gasteiger partial charge in [0.05, 0.1) is 29.7 Å². The molecule has 3 atom stereocenters. The highest BCUT2D eigenvalue weighted by Gasteiger charge is 2.29. The number of ether oxygens (including phenoxy) is 2. The fraction of sp³-hybridized carbons (Fsp3) is 0.619. The number of anilines is 1. The lowest BCUT2D eigenvalue weighted by Gasteiger charge is -2.36. The Kier molecular flexibility index (Phi) is 8.30. The number of carbonyl (C=O) groups is 2. The van der Waals surface area contributed by atoms with Gasteiger partial charge in [-0.1, -0.05) is 13.8 Å². The Morgan fingerprint density at radius 2 is 1.97 bits per heavy atom. The minimum Gasteiger partial charge on any atom is -0.491 e. The Morgan fingerprint density at radius 3 is 2.55 bits per heavy atom. The van der Waals surface area contributed by atoms with Crippen molar-refractivity contribution in [1.29, 1.82) is 0 Å². The van der Waals surface area contributed by atoms with Gasteiger partial charge < -0.3 is 19.3 Å². The molecule has 0 fully saturated rings. The van der Waals surface area contributed by atoms with Crippen molar-refractivity contribution in [2.45, 2.75) is 39.3 Å². The molecule has 0 aliphatic carbocycles. The summed E-state index contributed by atoms with van der Waals surface area (Å²) in [5, 5.41) is 0. The van der Waals surface area contributed by atoms with Gasteiger partial charge in [0.1, 0.15) is 12.4 Å². The van der Waals surface area contributed by atoms with E-state index in [9.17, 15) is 18.0 Å². The fourth-order valence-electron chi connectivity index (χ4n) is 3.60. The van der Waals surface area contributed by atoms with Crippen LogP contribution in [0.15, 0.2) is 18.2 Å². The van der Waals surface area contributed by atoms with Gasteiger partial charge >= 0.3 is 0 Å². The molecule has 0 radical (unpaired) electrons. The van der Waals surface area contributed by atoms with E-state index >= 15 is 0 Å². The Labute approximate surface area is 184 Å². The first-order valence-corrected chi connectivity index (χ1v) is 12.2. The van der Waals surface area contributed by atoms with Gasteiger partial charge in [-0.05, 0) is 19.1 Å². The Balaban J connectivity index is 2.48. The average Bonchev–Trinajstić information content (AvgIpc) is 2.70. The molecule has 10 heteroatoms. The lowest BCUT2D eigenvalue weighted by molar-refractivity contribution is -0.135. The van der Waals surface area contributed by atoms with Gasteiger partial charge in [0.2, 0.25) is 15.9 Å². The molecule has 9 nitrogen and oxygen atoms in total. The molecule has 0 aromatic heterocycles. The second kappa shape index (κ2) is 10.3. The second-order valence-electron chi connectivity index (χ2n) is 8.08.